The molecule has 0 aliphatic heterocycles. The smallest absolute Gasteiger partial charge is 0.319 e. The molecule has 110 valence electrons. The van der Waals surface area contributed by atoms with Crippen molar-refractivity contribution in [2.24, 2.45) is 0 Å². The lowest BCUT2D eigenvalue weighted by atomic mass is 10.1. The lowest BCUT2D eigenvalue weighted by Crippen LogP contribution is -2.29. The molecule has 20 heavy (non-hydrogen) atoms. The molecule has 0 aliphatic rings. The van der Waals surface area contributed by atoms with Gasteiger partial charge in [0.1, 0.15) is 0 Å². The van der Waals surface area contributed by atoms with Gasteiger partial charge in [-0.15, -0.1) is 0 Å². The SMILES string of the molecule is CSCCc1ccc(NC(=O)NCCCC(=O)O)cc1. The summed E-state index contributed by atoms with van der Waals surface area (Å²) in [5, 5.41) is 13.8. The first kappa shape index (κ1) is 16.4. The van der Waals surface area contributed by atoms with E-state index in [0.717, 1.165) is 17.9 Å². The summed E-state index contributed by atoms with van der Waals surface area (Å²) >= 11 is 1.80. The Balaban J connectivity index is 2.29. The number of benzene rings is 1. The van der Waals surface area contributed by atoms with Crippen molar-refractivity contribution in [3.8, 4) is 0 Å². The number of carboxylic acids is 1. The molecule has 0 atom stereocenters. The number of carbonyl (C=O) groups excluding carboxylic acids is 1. The van der Waals surface area contributed by atoms with Crippen LogP contribution in [0.4, 0.5) is 10.5 Å². The van der Waals surface area contributed by atoms with Crippen LogP contribution in [-0.2, 0) is 11.2 Å². The number of thioether (sulfide) groups is 1. The second kappa shape index (κ2) is 9.25. The normalized spacial score (nSPS) is 10.1. The molecule has 0 aliphatic carbocycles. The number of aryl methyl sites for hydroxylation is 1. The minimum Gasteiger partial charge on any atom is -0.481 e. The molecule has 0 saturated carbocycles. The maximum atomic E-state index is 11.5. The Morgan fingerprint density at radius 1 is 1.25 bits per heavy atom. The van der Waals surface area contributed by atoms with Crippen LogP contribution in [0.1, 0.15) is 18.4 Å². The van der Waals surface area contributed by atoms with Gasteiger partial charge in [-0.05, 0) is 42.5 Å². The molecular weight excluding hydrogens is 276 g/mol. The highest BCUT2D eigenvalue weighted by molar-refractivity contribution is 7.98. The van der Waals surface area contributed by atoms with Crippen molar-refractivity contribution in [3.63, 3.8) is 0 Å². The van der Waals surface area contributed by atoms with Crippen molar-refractivity contribution in [1.82, 2.24) is 5.32 Å². The third kappa shape index (κ3) is 7.04. The van der Waals surface area contributed by atoms with Crippen LogP contribution in [0.15, 0.2) is 24.3 Å². The highest BCUT2D eigenvalue weighted by atomic mass is 32.2. The fourth-order valence-electron chi connectivity index (χ4n) is 1.59. The van der Waals surface area contributed by atoms with E-state index in [1.807, 2.05) is 24.3 Å². The van der Waals surface area contributed by atoms with Crippen molar-refractivity contribution in [3.05, 3.63) is 29.8 Å². The molecular formula is C14H20N2O3S. The first-order chi connectivity index (χ1) is 9.61. The third-order valence-electron chi connectivity index (χ3n) is 2.66. The predicted molar refractivity (Wildman–Crippen MR) is 82.4 cm³/mol. The first-order valence-corrected chi connectivity index (χ1v) is 7.85. The van der Waals surface area contributed by atoms with Gasteiger partial charge in [0.05, 0.1) is 0 Å². The van der Waals surface area contributed by atoms with Crippen LogP contribution in [-0.4, -0.2) is 35.7 Å². The number of carbonyl (C=O) groups is 2. The van der Waals surface area contributed by atoms with E-state index in [0.29, 0.717) is 13.0 Å². The van der Waals surface area contributed by atoms with Gasteiger partial charge in [0.2, 0.25) is 0 Å². The molecule has 0 heterocycles. The lowest BCUT2D eigenvalue weighted by Gasteiger charge is -2.08. The highest BCUT2D eigenvalue weighted by Crippen LogP contribution is 2.11. The molecule has 1 aromatic rings. The maximum absolute atomic E-state index is 11.5. The van der Waals surface area contributed by atoms with Gasteiger partial charge >= 0.3 is 12.0 Å². The van der Waals surface area contributed by atoms with Crippen LogP contribution in [0.2, 0.25) is 0 Å². The molecule has 0 radical (unpaired) electrons. The van der Waals surface area contributed by atoms with Gasteiger partial charge in [0, 0.05) is 18.7 Å². The van der Waals surface area contributed by atoms with E-state index in [1.165, 1.54) is 5.56 Å². The molecule has 0 fully saturated rings. The van der Waals surface area contributed by atoms with Gasteiger partial charge in [0.15, 0.2) is 0 Å². The zero-order chi connectivity index (χ0) is 14.8. The van der Waals surface area contributed by atoms with Crippen LogP contribution < -0.4 is 10.6 Å². The molecule has 6 heteroatoms. The number of carboxylic acid groups (broad SMARTS) is 1. The Morgan fingerprint density at radius 3 is 2.55 bits per heavy atom. The minimum atomic E-state index is -0.854. The minimum absolute atomic E-state index is 0.0599. The van der Waals surface area contributed by atoms with Gasteiger partial charge in [-0.1, -0.05) is 12.1 Å². The summed E-state index contributed by atoms with van der Waals surface area (Å²) in [5.74, 6) is 0.227. The Hall–Kier alpha value is -1.69. The molecule has 0 unspecified atom stereocenters. The molecule has 0 saturated heterocycles. The van der Waals surface area contributed by atoms with Crippen molar-refractivity contribution >= 4 is 29.4 Å². The first-order valence-electron chi connectivity index (χ1n) is 6.46. The standard InChI is InChI=1S/C14H20N2O3S/c1-20-10-8-11-4-6-12(7-5-11)16-14(19)15-9-2-3-13(17)18/h4-7H,2-3,8-10H2,1H3,(H,17,18)(H2,15,16,19). The summed E-state index contributed by atoms with van der Waals surface area (Å²) < 4.78 is 0. The van der Waals surface area contributed by atoms with Crippen LogP contribution in [0.5, 0.6) is 0 Å². The van der Waals surface area contributed by atoms with Crippen molar-refractivity contribution < 1.29 is 14.7 Å². The van der Waals surface area contributed by atoms with E-state index in [1.54, 1.807) is 11.8 Å². The van der Waals surface area contributed by atoms with Gasteiger partial charge < -0.3 is 15.7 Å². The molecule has 0 aromatic heterocycles. The summed E-state index contributed by atoms with van der Waals surface area (Å²) in [7, 11) is 0. The maximum Gasteiger partial charge on any atom is 0.319 e. The Kier molecular flexibility index (Phi) is 7.57. The van der Waals surface area contributed by atoms with E-state index in [4.69, 9.17) is 5.11 Å². The van der Waals surface area contributed by atoms with Crippen LogP contribution in [0.3, 0.4) is 0 Å². The third-order valence-corrected chi connectivity index (χ3v) is 3.27. The van der Waals surface area contributed by atoms with E-state index in [-0.39, 0.29) is 12.5 Å². The number of hydrogen-bond acceptors (Lipinski definition) is 3. The number of nitrogens with one attached hydrogen (secondary N) is 2. The quantitative estimate of drug-likeness (QED) is 0.644. The van der Waals surface area contributed by atoms with Crippen LogP contribution in [0.25, 0.3) is 0 Å². The second-order valence-electron chi connectivity index (χ2n) is 4.32. The molecule has 0 bridgehead atoms. The largest absolute Gasteiger partial charge is 0.481 e. The average molecular weight is 296 g/mol. The van der Waals surface area contributed by atoms with Crippen LogP contribution in [0, 0.1) is 0 Å². The fraction of sp³-hybridized carbons (Fsp3) is 0.429. The van der Waals surface area contributed by atoms with Crippen molar-refractivity contribution in [2.45, 2.75) is 19.3 Å². The van der Waals surface area contributed by atoms with Crippen molar-refractivity contribution in [2.75, 3.05) is 23.9 Å². The number of amides is 2. The Bertz CT molecular complexity index is 435. The number of hydrogen-bond donors (Lipinski definition) is 3. The molecule has 2 amide bonds. The van der Waals surface area contributed by atoms with Crippen LogP contribution >= 0.6 is 11.8 Å². The molecule has 1 rings (SSSR count). The van der Waals surface area contributed by atoms with Crippen molar-refractivity contribution in [1.29, 1.82) is 0 Å². The van der Waals surface area contributed by atoms with E-state index in [2.05, 4.69) is 16.9 Å². The zero-order valence-electron chi connectivity index (χ0n) is 11.5. The van der Waals surface area contributed by atoms with E-state index >= 15 is 0 Å². The van der Waals surface area contributed by atoms with E-state index < -0.39 is 5.97 Å². The topological polar surface area (TPSA) is 78.4 Å². The summed E-state index contributed by atoms with van der Waals surface area (Å²) in [5.41, 5.74) is 1.97. The molecule has 1 aromatic carbocycles. The molecule has 3 N–H and O–H groups in total. The Labute approximate surface area is 123 Å². The van der Waals surface area contributed by atoms with Gasteiger partial charge in [-0.3, -0.25) is 4.79 Å². The summed E-state index contributed by atoms with van der Waals surface area (Å²) in [6.07, 6.45) is 3.58. The number of urea groups is 1. The Morgan fingerprint density at radius 2 is 1.95 bits per heavy atom. The van der Waals surface area contributed by atoms with Gasteiger partial charge in [-0.2, -0.15) is 11.8 Å². The number of aliphatic carboxylic acids is 1. The van der Waals surface area contributed by atoms with Gasteiger partial charge in [0.25, 0.3) is 0 Å². The lowest BCUT2D eigenvalue weighted by molar-refractivity contribution is -0.137. The monoisotopic (exact) mass is 296 g/mol. The summed E-state index contributed by atoms with van der Waals surface area (Å²) in [4.78, 5) is 21.9. The number of anilines is 1. The molecule has 0 spiro atoms. The summed E-state index contributed by atoms with van der Waals surface area (Å²) in [6, 6.07) is 7.41. The second-order valence-corrected chi connectivity index (χ2v) is 5.30. The number of rotatable bonds is 8. The van der Waals surface area contributed by atoms with Gasteiger partial charge in [-0.25, -0.2) is 4.79 Å². The zero-order valence-corrected chi connectivity index (χ0v) is 12.3. The fourth-order valence-corrected chi connectivity index (χ4v) is 2.03. The average Bonchev–Trinajstić information content (AvgIpc) is 2.43. The molecule has 5 nitrogen and oxygen atoms in total. The summed E-state index contributed by atoms with van der Waals surface area (Å²) in [6.45, 7) is 0.351. The predicted octanol–water partition coefficient (Wildman–Crippen LogP) is 2.58. The highest BCUT2D eigenvalue weighted by Gasteiger charge is 2.02. The van der Waals surface area contributed by atoms with E-state index in [9.17, 15) is 9.59 Å².